The molecule has 2 aliphatic rings. The monoisotopic (exact) mass is 387 g/mol. The molecular weight excluding hydrogens is 350 g/mol. The molecule has 1 aromatic carbocycles. The fraction of sp³-hybridized carbons (Fsp3) is 0.696. The highest BCUT2D eigenvalue weighted by atomic mass is 16.3. The minimum atomic E-state index is -0.827. The van der Waals surface area contributed by atoms with E-state index in [0.717, 1.165) is 39.3 Å². The van der Waals surface area contributed by atoms with Gasteiger partial charge < -0.3 is 19.8 Å². The Bertz CT molecular complexity index is 640. The van der Waals surface area contributed by atoms with Crippen LogP contribution in [-0.2, 0) is 4.79 Å². The Kier molecular flexibility index (Phi) is 6.66. The normalized spacial score (nSPS) is 20.8. The van der Waals surface area contributed by atoms with Gasteiger partial charge in [-0.3, -0.25) is 4.79 Å². The van der Waals surface area contributed by atoms with Crippen molar-refractivity contribution >= 4 is 11.6 Å². The van der Waals surface area contributed by atoms with Crippen LogP contribution in [0.4, 0.5) is 5.69 Å². The van der Waals surface area contributed by atoms with E-state index in [4.69, 9.17) is 0 Å². The predicted molar refractivity (Wildman–Crippen MR) is 115 cm³/mol. The van der Waals surface area contributed by atoms with Gasteiger partial charge in [-0.1, -0.05) is 26.0 Å². The van der Waals surface area contributed by atoms with Crippen LogP contribution in [0.5, 0.6) is 0 Å². The summed E-state index contributed by atoms with van der Waals surface area (Å²) in [7, 11) is 0. The average Bonchev–Trinajstić information content (AvgIpc) is 2.68. The van der Waals surface area contributed by atoms with E-state index in [1.165, 1.54) is 11.3 Å². The van der Waals surface area contributed by atoms with Gasteiger partial charge >= 0.3 is 0 Å². The number of carbonyl (C=O) groups excluding carboxylic acids is 1. The largest absolute Gasteiger partial charge is 0.389 e. The highest BCUT2D eigenvalue weighted by molar-refractivity contribution is 5.77. The number of rotatable bonds is 5. The van der Waals surface area contributed by atoms with Gasteiger partial charge in [-0.25, -0.2) is 0 Å². The average molecular weight is 388 g/mol. The summed E-state index contributed by atoms with van der Waals surface area (Å²) in [6.45, 7) is 13.7. The minimum Gasteiger partial charge on any atom is -0.389 e. The third kappa shape index (κ3) is 5.06. The Hall–Kier alpha value is -1.59. The summed E-state index contributed by atoms with van der Waals surface area (Å²) in [5.74, 6) is 0.650. The van der Waals surface area contributed by atoms with Crippen molar-refractivity contribution in [3.8, 4) is 0 Å². The van der Waals surface area contributed by atoms with Crippen LogP contribution >= 0.6 is 0 Å². The van der Waals surface area contributed by atoms with Crippen LogP contribution in [0.3, 0.4) is 0 Å². The number of amides is 1. The maximum absolute atomic E-state index is 12.8. The summed E-state index contributed by atoms with van der Waals surface area (Å²) >= 11 is 0. The molecule has 5 heteroatoms. The van der Waals surface area contributed by atoms with Crippen LogP contribution in [-0.4, -0.2) is 71.7 Å². The van der Waals surface area contributed by atoms with Gasteiger partial charge in [0.25, 0.3) is 0 Å². The van der Waals surface area contributed by atoms with E-state index in [0.29, 0.717) is 24.8 Å². The number of benzene rings is 1. The molecule has 2 fully saturated rings. The van der Waals surface area contributed by atoms with E-state index in [1.807, 2.05) is 4.90 Å². The zero-order chi connectivity index (χ0) is 20.3. The number of hydrogen-bond acceptors (Lipinski definition) is 4. The fourth-order valence-electron chi connectivity index (χ4n) is 4.31. The molecule has 0 saturated carbocycles. The van der Waals surface area contributed by atoms with Crippen LogP contribution in [0.2, 0.25) is 0 Å². The summed E-state index contributed by atoms with van der Waals surface area (Å²) in [5.41, 5.74) is 1.76. The lowest BCUT2D eigenvalue weighted by Crippen LogP contribution is -2.52. The van der Waals surface area contributed by atoms with Gasteiger partial charge in [0.1, 0.15) is 0 Å². The third-order valence-electron chi connectivity index (χ3n) is 6.50. The molecule has 1 N–H and O–H groups in total. The molecule has 0 unspecified atom stereocenters. The summed E-state index contributed by atoms with van der Waals surface area (Å²) in [6.07, 6.45) is 1.65. The van der Waals surface area contributed by atoms with Crippen molar-refractivity contribution in [2.24, 2.45) is 0 Å². The van der Waals surface area contributed by atoms with Gasteiger partial charge in [0.15, 0.2) is 0 Å². The van der Waals surface area contributed by atoms with Crippen LogP contribution in [0.25, 0.3) is 0 Å². The number of anilines is 1. The number of carbonyl (C=O) groups is 1. The standard InChI is InChI=1S/C23H37N3O2/c1-18(2)20-5-7-21(8-6-20)25-13-15-26(16-14-25)22(27)17-23(28)9-11-24(12-10-23)19(3)4/h5-8,18-19,28H,9-17H2,1-4H3. The van der Waals surface area contributed by atoms with E-state index in [2.05, 4.69) is 61.8 Å². The molecule has 28 heavy (non-hydrogen) atoms. The Balaban J connectivity index is 1.48. The van der Waals surface area contributed by atoms with Crippen molar-refractivity contribution in [3.05, 3.63) is 29.8 Å². The maximum atomic E-state index is 12.8. The quantitative estimate of drug-likeness (QED) is 0.843. The minimum absolute atomic E-state index is 0.107. The molecule has 0 aromatic heterocycles. The topological polar surface area (TPSA) is 47.0 Å². The lowest BCUT2D eigenvalue weighted by Gasteiger charge is -2.41. The number of piperazine rings is 1. The van der Waals surface area contributed by atoms with Gasteiger partial charge in [-0.05, 0) is 50.3 Å². The Morgan fingerprint density at radius 2 is 1.54 bits per heavy atom. The van der Waals surface area contributed by atoms with Crippen molar-refractivity contribution in [3.63, 3.8) is 0 Å². The van der Waals surface area contributed by atoms with E-state index in [1.54, 1.807) is 0 Å². The molecule has 5 nitrogen and oxygen atoms in total. The first kappa shape index (κ1) is 21.1. The van der Waals surface area contributed by atoms with Crippen molar-refractivity contribution in [1.82, 2.24) is 9.80 Å². The number of nitrogens with zero attached hydrogens (tertiary/aromatic N) is 3. The maximum Gasteiger partial charge on any atom is 0.225 e. The highest BCUT2D eigenvalue weighted by Gasteiger charge is 2.36. The molecule has 3 rings (SSSR count). The first-order valence-corrected chi connectivity index (χ1v) is 10.9. The van der Waals surface area contributed by atoms with Crippen LogP contribution in [0.15, 0.2) is 24.3 Å². The number of piperidine rings is 1. The van der Waals surface area contributed by atoms with E-state index in [9.17, 15) is 9.90 Å². The SMILES string of the molecule is CC(C)c1ccc(N2CCN(C(=O)CC3(O)CCN(C(C)C)CC3)CC2)cc1. The second-order valence-corrected chi connectivity index (χ2v) is 9.14. The van der Waals surface area contributed by atoms with Gasteiger partial charge in [0, 0.05) is 51.0 Å². The molecule has 1 amide bonds. The Morgan fingerprint density at radius 1 is 0.964 bits per heavy atom. The molecule has 1 aromatic rings. The van der Waals surface area contributed by atoms with Crippen LogP contribution in [0.1, 0.15) is 58.4 Å². The molecule has 0 aliphatic carbocycles. The molecule has 0 spiro atoms. The zero-order valence-corrected chi connectivity index (χ0v) is 18.0. The molecule has 2 heterocycles. The van der Waals surface area contributed by atoms with E-state index in [-0.39, 0.29) is 12.3 Å². The summed E-state index contributed by atoms with van der Waals surface area (Å²) in [6, 6.07) is 9.30. The van der Waals surface area contributed by atoms with Crippen molar-refractivity contribution < 1.29 is 9.90 Å². The first-order valence-electron chi connectivity index (χ1n) is 10.9. The highest BCUT2D eigenvalue weighted by Crippen LogP contribution is 2.28. The van der Waals surface area contributed by atoms with Crippen LogP contribution in [0, 0.1) is 0 Å². The number of hydrogen-bond donors (Lipinski definition) is 1. The molecule has 2 saturated heterocycles. The molecule has 0 bridgehead atoms. The third-order valence-corrected chi connectivity index (χ3v) is 6.50. The summed E-state index contributed by atoms with van der Waals surface area (Å²) < 4.78 is 0. The lowest BCUT2D eigenvalue weighted by molar-refractivity contribution is -0.139. The molecule has 2 aliphatic heterocycles. The number of likely N-dealkylation sites (tertiary alicyclic amines) is 1. The van der Waals surface area contributed by atoms with Crippen LogP contribution < -0.4 is 4.90 Å². The summed E-state index contributed by atoms with van der Waals surface area (Å²) in [4.78, 5) is 19.4. The van der Waals surface area contributed by atoms with E-state index >= 15 is 0 Å². The van der Waals surface area contributed by atoms with Gasteiger partial charge in [-0.15, -0.1) is 0 Å². The summed E-state index contributed by atoms with van der Waals surface area (Å²) in [5, 5.41) is 10.9. The zero-order valence-electron chi connectivity index (χ0n) is 18.0. The predicted octanol–water partition coefficient (Wildman–Crippen LogP) is 3.08. The van der Waals surface area contributed by atoms with Crippen molar-refractivity contribution in [2.75, 3.05) is 44.2 Å². The van der Waals surface area contributed by atoms with Gasteiger partial charge in [-0.2, -0.15) is 0 Å². The number of aliphatic hydroxyl groups is 1. The van der Waals surface area contributed by atoms with E-state index < -0.39 is 5.60 Å². The smallest absolute Gasteiger partial charge is 0.225 e. The lowest BCUT2D eigenvalue weighted by atomic mass is 9.87. The second-order valence-electron chi connectivity index (χ2n) is 9.14. The molecule has 0 radical (unpaired) electrons. The second kappa shape index (κ2) is 8.83. The first-order chi connectivity index (χ1) is 13.3. The van der Waals surface area contributed by atoms with Crippen molar-refractivity contribution in [1.29, 1.82) is 0 Å². The molecular formula is C23H37N3O2. The molecule has 156 valence electrons. The van der Waals surface area contributed by atoms with Crippen molar-refractivity contribution in [2.45, 2.75) is 64.5 Å². The Morgan fingerprint density at radius 3 is 2.04 bits per heavy atom. The van der Waals surface area contributed by atoms with Gasteiger partial charge in [0.2, 0.25) is 5.91 Å². The fourth-order valence-corrected chi connectivity index (χ4v) is 4.31. The Labute approximate surface area is 170 Å². The van der Waals surface area contributed by atoms with Gasteiger partial charge in [0.05, 0.1) is 12.0 Å². The molecule has 0 atom stereocenters.